The van der Waals surface area contributed by atoms with Crippen LogP contribution in [0.15, 0.2) is 36.4 Å². The zero-order valence-electron chi connectivity index (χ0n) is 14.7. The van der Waals surface area contributed by atoms with Crippen LogP contribution in [0.2, 0.25) is 0 Å². The SMILES string of the molecule is O=C(NCc1nnc2n1CC[C@H](C(F)(F)F)C2)c1cc(-c2ccccc2)n[nH]1. The third kappa shape index (κ3) is 3.62. The molecule has 0 saturated carbocycles. The minimum Gasteiger partial charge on any atom is -0.343 e. The molecule has 1 amide bonds. The van der Waals surface area contributed by atoms with Crippen LogP contribution in [-0.4, -0.2) is 37.0 Å². The van der Waals surface area contributed by atoms with Gasteiger partial charge in [-0.05, 0) is 12.5 Å². The Labute approximate surface area is 158 Å². The number of benzene rings is 1. The fourth-order valence-corrected chi connectivity index (χ4v) is 3.25. The Bertz CT molecular complexity index is 979. The number of aromatic amines is 1. The van der Waals surface area contributed by atoms with Gasteiger partial charge in [-0.15, -0.1) is 10.2 Å². The highest BCUT2D eigenvalue weighted by molar-refractivity contribution is 5.93. The number of nitrogens with one attached hydrogen (secondary N) is 2. The predicted octanol–water partition coefficient (Wildman–Crippen LogP) is 2.72. The number of carbonyl (C=O) groups is 1. The first-order valence-electron chi connectivity index (χ1n) is 8.78. The van der Waals surface area contributed by atoms with E-state index in [0.29, 0.717) is 17.3 Å². The lowest BCUT2D eigenvalue weighted by molar-refractivity contribution is -0.179. The minimum atomic E-state index is -4.23. The second-order valence-electron chi connectivity index (χ2n) is 6.63. The highest BCUT2D eigenvalue weighted by Gasteiger charge is 2.42. The first-order valence-corrected chi connectivity index (χ1v) is 8.78. The van der Waals surface area contributed by atoms with E-state index in [4.69, 9.17) is 0 Å². The number of aromatic nitrogens is 5. The summed E-state index contributed by atoms with van der Waals surface area (Å²) in [6.07, 6.45) is -4.44. The van der Waals surface area contributed by atoms with E-state index in [0.717, 1.165) is 5.56 Å². The summed E-state index contributed by atoms with van der Waals surface area (Å²) < 4.78 is 40.3. The lowest BCUT2D eigenvalue weighted by Crippen LogP contribution is -2.32. The highest BCUT2D eigenvalue weighted by Crippen LogP contribution is 2.34. The Morgan fingerprint density at radius 2 is 2.04 bits per heavy atom. The van der Waals surface area contributed by atoms with Gasteiger partial charge in [0.15, 0.2) is 5.82 Å². The molecule has 28 heavy (non-hydrogen) atoms. The van der Waals surface area contributed by atoms with Crippen molar-refractivity contribution in [3.8, 4) is 11.3 Å². The summed E-state index contributed by atoms with van der Waals surface area (Å²) in [5.74, 6) is -1.04. The van der Waals surface area contributed by atoms with E-state index in [1.54, 1.807) is 10.6 Å². The number of fused-ring (bicyclic) bond motifs is 1. The molecular formula is C18H17F3N6O. The number of nitrogens with zero attached hydrogens (tertiary/aromatic N) is 4. The number of hydrogen-bond donors (Lipinski definition) is 2. The molecule has 4 rings (SSSR count). The van der Waals surface area contributed by atoms with Gasteiger partial charge in [0, 0.05) is 18.5 Å². The highest BCUT2D eigenvalue weighted by atomic mass is 19.4. The maximum atomic E-state index is 12.9. The monoisotopic (exact) mass is 390 g/mol. The quantitative estimate of drug-likeness (QED) is 0.717. The van der Waals surface area contributed by atoms with Gasteiger partial charge in [0.25, 0.3) is 5.91 Å². The van der Waals surface area contributed by atoms with Crippen molar-refractivity contribution in [2.75, 3.05) is 0 Å². The fourth-order valence-electron chi connectivity index (χ4n) is 3.25. The van der Waals surface area contributed by atoms with Crippen molar-refractivity contribution < 1.29 is 18.0 Å². The molecule has 2 N–H and O–H groups in total. The molecule has 0 unspecified atom stereocenters. The van der Waals surface area contributed by atoms with Crippen LogP contribution in [-0.2, 0) is 19.5 Å². The average molecular weight is 390 g/mol. The van der Waals surface area contributed by atoms with Gasteiger partial charge in [0.05, 0.1) is 18.2 Å². The Morgan fingerprint density at radius 1 is 1.25 bits per heavy atom. The van der Waals surface area contributed by atoms with E-state index in [9.17, 15) is 18.0 Å². The van der Waals surface area contributed by atoms with Gasteiger partial charge in [-0.1, -0.05) is 30.3 Å². The number of carbonyl (C=O) groups excluding carboxylic acids is 1. The first kappa shape index (κ1) is 18.2. The number of rotatable bonds is 4. The van der Waals surface area contributed by atoms with Crippen LogP contribution in [0, 0.1) is 5.92 Å². The van der Waals surface area contributed by atoms with E-state index in [2.05, 4.69) is 25.7 Å². The van der Waals surface area contributed by atoms with Crippen molar-refractivity contribution in [2.45, 2.75) is 32.1 Å². The average Bonchev–Trinajstić information content (AvgIpc) is 3.33. The Kier molecular flexibility index (Phi) is 4.62. The largest absolute Gasteiger partial charge is 0.392 e. The molecule has 0 bridgehead atoms. The Hall–Kier alpha value is -3.17. The van der Waals surface area contributed by atoms with E-state index in [1.807, 2.05) is 30.3 Å². The standard InChI is InChI=1S/C18H17F3N6O/c19-18(20,21)12-6-7-27-15(8-12)25-26-16(27)10-22-17(28)14-9-13(23-24-14)11-4-2-1-3-5-11/h1-5,9,12H,6-8,10H2,(H,22,28)(H,23,24)/t12-/m0/s1. The molecule has 146 valence electrons. The van der Waals surface area contributed by atoms with Gasteiger partial charge in [0.2, 0.25) is 0 Å². The molecule has 0 aliphatic carbocycles. The van der Waals surface area contributed by atoms with Crippen LogP contribution in [0.1, 0.15) is 28.6 Å². The van der Waals surface area contributed by atoms with E-state index >= 15 is 0 Å². The molecule has 10 heteroatoms. The van der Waals surface area contributed by atoms with Crippen LogP contribution in [0.5, 0.6) is 0 Å². The molecule has 0 spiro atoms. The number of hydrogen-bond acceptors (Lipinski definition) is 4. The van der Waals surface area contributed by atoms with Crippen molar-refractivity contribution in [3.63, 3.8) is 0 Å². The van der Waals surface area contributed by atoms with Crippen LogP contribution in [0.4, 0.5) is 13.2 Å². The molecule has 2 aromatic heterocycles. The van der Waals surface area contributed by atoms with Gasteiger partial charge in [-0.2, -0.15) is 18.3 Å². The third-order valence-electron chi connectivity index (χ3n) is 4.80. The second-order valence-corrected chi connectivity index (χ2v) is 6.63. The molecule has 0 fully saturated rings. The van der Waals surface area contributed by atoms with E-state index in [-0.39, 0.29) is 37.5 Å². The van der Waals surface area contributed by atoms with Crippen molar-refractivity contribution in [1.82, 2.24) is 30.3 Å². The summed E-state index contributed by atoms with van der Waals surface area (Å²) in [7, 11) is 0. The Balaban J connectivity index is 1.40. The van der Waals surface area contributed by atoms with Gasteiger partial charge in [-0.3, -0.25) is 9.89 Å². The number of halogens is 3. The van der Waals surface area contributed by atoms with Gasteiger partial charge >= 0.3 is 6.18 Å². The molecule has 3 aromatic rings. The smallest absolute Gasteiger partial charge is 0.343 e. The molecule has 7 nitrogen and oxygen atoms in total. The maximum Gasteiger partial charge on any atom is 0.392 e. The molecule has 0 saturated heterocycles. The van der Waals surface area contributed by atoms with E-state index < -0.39 is 12.1 Å². The number of H-pyrrole nitrogens is 1. The summed E-state index contributed by atoms with van der Waals surface area (Å²) in [5, 5.41) is 17.3. The number of amides is 1. The maximum absolute atomic E-state index is 12.9. The van der Waals surface area contributed by atoms with Crippen LogP contribution >= 0.6 is 0 Å². The van der Waals surface area contributed by atoms with Crippen LogP contribution in [0.3, 0.4) is 0 Å². The topological polar surface area (TPSA) is 88.5 Å². The summed E-state index contributed by atoms with van der Waals surface area (Å²) >= 11 is 0. The van der Waals surface area contributed by atoms with E-state index in [1.165, 1.54) is 0 Å². The lowest BCUT2D eigenvalue weighted by atomic mass is 9.97. The Morgan fingerprint density at radius 3 is 2.79 bits per heavy atom. The molecular weight excluding hydrogens is 373 g/mol. The van der Waals surface area contributed by atoms with Crippen LogP contribution in [0.25, 0.3) is 11.3 Å². The summed E-state index contributed by atoms with van der Waals surface area (Å²) in [6, 6.07) is 11.0. The lowest BCUT2D eigenvalue weighted by Gasteiger charge is -2.25. The molecule has 1 atom stereocenters. The van der Waals surface area contributed by atoms with Crippen molar-refractivity contribution in [3.05, 3.63) is 53.7 Å². The minimum absolute atomic E-state index is 0.0174. The summed E-state index contributed by atoms with van der Waals surface area (Å²) in [6.45, 7) is 0.252. The number of alkyl halides is 3. The van der Waals surface area contributed by atoms with Crippen molar-refractivity contribution in [2.24, 2.45) is 5.92 Å². The summed E-state index contributed by atoms with van der Waals surface area (Å²) in [5.41, 5.74) is 1.81. The van der Waals surface area contributed by atoms with Gasteiger partial charge < -0.3 is 9.88 Å². The molecule has 1 aliphatic rings. The zero-order chi connectivity index (χ0) is 19.7. The third-order valence-corrected chi connectivity index (χ3v) is 4.80. The van der Waals surface area contributed by atoms with Gasteiger partial charge in [0.1, 0.15) is 11.5 Å². The predicted molar refractivity (Wildman–Crippen MR) is 93.1 cm³/mol. The fraction of sp³-hybridized carbons (Fsp3) is 0.333. The van der Waals surface area contributed by atoms with Crippen LogP contribution < -0.4 is 5.32 Å². The molecule has 1 aromatic carbocycles. The summed E-state index contributed by atoms with van der Waals surface area (Å²) in [4.78, 5) is 12.3. The van der Waals surface area contributed by atoms with Crippen molar-refractivity contribution >= 4 is 5.91 Å². The molecule has 1 aliphatic heterocycles. The second kappa shape index (κ2) is 7.10. The zero-order valence-corrected chi connectivity index (χ0v) is 14.7. The molecule has 0 radical (unpaired) electrons. The normalized spacial score (nSPS) is 16.6. The van der Waals surface area contributed by atoms with Gasteiger partial charge in [-0.25, -0.2) is 0 Å². The first-order chi connectivity index (χ1) is 13.4. The molecule has 3 heterocycles. The van der Waals surface area contributed by atoms with Crippen molar-refractivity contribution in [1.29, 1.82) is 0 Å².